The third-order valence-electron chi connectivity index (χ3n) is 2.64. The summed E-state index contributed by atoms with van der Waals surface area (Å²) in [6, 6.07) is 9.87. The summed E-state index contributed by atoms with van der Waals surface area (Å²) < 4.78 is 6.24. The summed E-state index contributed by atoms with van der Waals surface area (Å²) in [7, 11) is 0. The van der Waals surface area contributed by atoms with Gasteiger partial charge in [0.25, 0.3) is 5.91 Å². The van der Waals surface area contributed by atoms with E-state index in [2.05, 4.69) is 5.32 Å². The summed E-state index contributed by atoms with van der Waals surface area (Å²) in [4.78, 5) is 12.7. The molecule has 2 rings (SSSR count). The summed E-state index contributed by atoms with van der Waals surface area (Å²) in [6.45, 7) is 1.52. The number of amides is 1. The van der Waals surface area contributed by atoms with Crippen molar-refractivity contribution in [3.8, 4) is 0 Å². The van der Waals surface area contributed by atoms with Crippen LogP contribution in [0.25, 0.3) is 10.1 Å². The SMILES string of the molecule is O=C(NCCCOCCO)c1cc2ccccc2s1. The van der Waals surface area contributed by atoms with Gasteiger partial charge < -0.3 is 15.2 Å². The lowest BCUT2D eigenvalue weighted by molar-refractivity contribution is 0.0869. The van der Waals surface area contributed by atoms with Crippen LogP contribution in [0.1, 0.15) is 16.1 Å². The first-order valence-corrected chi connectivity index (χ1v) is 7.08. The number of thiophene rings is 1. The van der Waals surface area contributed by atoms with Gasteiger partial charge in [-0.2, -0.15) is 0 Å². The third-order valence-corrected chi connectivity index (χ3v) is 3.75. The lowest BCUT2D eigenvalue weighted by Gasteiger charge is -2.03. The monoisotopic (exact) mass is 279 g/mol. The van der Waals surface area contributed by atoms with E-state index in [1.807, 2.05) is 30.3 Å². The average molecular weight is 279 g/mol. The summed E-state index contributed by atoms with van der Waals surface area (Å²) in [6.07, 6.45) is 0.747. The number of carbonyl (C=O) groups excluding carboxylic acids is 1. The van der Waals surface area contributed by atoms with Crippen LogP contribution in [0.2, 0.25) is 0 Å². The average Bonchev–Trinajstić information content (AvgIpc) is 2.86. The van der Waals surface area contributed by atoms with E-state index in [0.29, 0.717) is 19.8 Å². The number of nitrogens with one attached hydrogen (secondary N) is 1. The number of hydrogen-bond donors (Lipinski definition) is 2. The lowest BCUT2D eigenvalue weighted by Crippen LogP contribution is -2.24. The molecule has 1 aromatic heterocycles. The molecule has 5 heteroatoms. The van der Waals surface area contributed by atoms with E-state index in [0.717, 1.165) is 21.4 Å². The zero-order valence-electron chi connectivity index (χ0n) is 10.6. The highest BCUT2D eigenvalue weighted by molar-refractivity contribution is 7.20. The van der Waals surface area contributed by atoms with Gasteiger partial charge in [-0.25, -0.2) is 0 Å². The molecule has 0 atom stereocenters. The van der Waals surface area contributed by atoms with Gasteiger partial charge in [-0.15, -0.1) is 11.3 Å². The van der Waals surface area contributed by atoms with Crippen LogP contribution in [0.5, 0.6) is 0 Å². The van der Waals surface area contributed by atoms with E-state index in [9.17, 15) is 4.79 Å². The van der Waals surface area contributed by atoms with Crippen LogP contribution in [-0.2, 0) is 4.74 Å². The van der Waals surface area contributed by atoms with E-state index in [1.165, 1.54) is 11.3 Å². The molecule has 4 nitrogen and oxygen atoms in total. The summed E-state index contributed by atoms with van der Waals surface area (Å²) in [5, 5.41) is 12.5. The standard InChI is InChI=1S/C14H17NO3S/c16-7-9-18-8-3-6-15-14(17)13-10-11-4-1-2-5-12(11)19-13/h1-2,4-5,10,16H,3,6-9H2,(H,15,17). The minimum Gasteiger partial charge on any atom is -0.394 e. The molecule has 0 aliphatic heterocycles. The molecule has 0 radical (unpaired) electrons. The maximum Gasteiger partial charge on any atom is 0.261 e. The summed E-state index contributed by atoms with van der Waals surface area (Å²) in [5.74, 6) is -0.0386. The topological polar surface area (TPSA) is 58.6 Å². The Bertz CT molecular complexity index is 505. The van der Waals surface area contributed by atoms with Crippen LogP contribution < -0.4 is 5.32 Å². The Morgan fingerprint density at radius 2 is 2.16 bits per heavy atom. The van der Waals surface area contributed by atoms with E-state index in [4.69, 9.17) is 9.84 Å². The largest absolute Gasteiger partial charge is 0.394 e. The second kappa shape index (κ2) is 7.23. The molecule has 0 fully saturated rings. The molecule has 0 aliphatic carbocycles. The maximum atomic E-state index is 11.9. The van der Waals surface area contributed by atoms with Crippen molar-refractivity contribution in [2.75, 3.05) is 26.4 Å². The molecule has 0 aliphatic rings. The zero-order chi connectivity index (χ0) is 13.5. The first-order chi connectivity index (χ1) is 9.31. The molecule has 0 unspecified atom stereocenters. The van der Waals surface area contributed by atoms with Crippen molar-refractivity contribution in [1.82, 2.24) is 5.32 Å². The predicted octanol–water partition coefficient (Wildman–Crippen LogP) is 2.03. The van der Waals surface area contributed by atoms with Gasteiger partial charge in [-0.1, -0.05) is 18.2 Å². The number of benzene rings is 1. The first-order valence-electron chi connectivity index (χ1n) is 6.26. The van der Waals surface area contributed by atoms with Crippen molar-refractivity contribution in [1.29, 1.82) is 0 Å². The zero-order valence-corrected chi connectivity index (χ0v) is 11.4. The first kappa shape index (κ1) is 14.0. The van der Waals surface area contributed by atoms with Crippen LogP contribution in [0.3, 0.4) is 0 Å². The van der Waals surface area contributed by atoms with Crippen LogP contribution in [-0.4, -0.2) is 37.4 Å². The minimum atomic E-state index is -0.0386. The second-order valence-corrected chi connectivity index (χ2v) is 5.18. The Kier molecular flexibility index (Phi) is 5.32. The van der Waals surface area contributed by atoms with Gasteiger partial charge in [0.2, 0.25) is 0 Å². The quantitative estimate of drug-likeness (QED) is 0.762. The molecule has 2 N–H and O–H groups in total. The second-order valence-electron chi connectivity index (χ2n) is 4.09. The molecular formula is C14H17NO3S. The number of aliphatic hydroxyl groups excluding tert-OH is 1. The van der Waals surface area contributed by atoms with E-state index in [1.54, 1.807) is 0 Å². The highest BCUT2D eigenvalue weighted by atomic mass is 32.1. The Hall–Kier alpha value is -1.43. The predicted molar refractivity (Wildman–Crippen MR) is 76.7 cm³/mol. The molecule has 102 valence electrons. The van der Waals surface area contributed by atoms with Crippen molar-refractivity contribution in [3.05, 3.63) is 35.2 Å². The Balaban J connectivity index is 1.79. The summed E-state index contributed by atoms with van der Waals surface area (Å²) >= 11 is 1.50. The van der Waals surface area contributed by atoms with Crippen molar-refractivity contribution >= 4 is 27.3 Å². The van der Waals surface area contributed by atoms with Gasteiger partial charge in [0.15, 0.2) is 0 Å². The van der Waals surface area contributed by atoms with Gasteiger partial charge in [0, 0.05) is 17.9 Å². The number of hydrogen-bond acceptors (Lipinski definition) is 4. The normalized spacial score (nSPS) is 10.8. The van der Waals surface area contributed by atoms with Gasteiger partial charge >= 0.3 is 0 Å². The minimum absolute atomic E-state index is 0.0359. The molecule has 0 bridgehead atoms. The molecule has 1 aromatic carbocycles. The van der Waals surface area contributed by atoms with Gasteiger partial charge in [-0.3, -0.25) is 4.79 Å². The van der Waals surface area contributed by atoms with E-state index >= 15 is 0 Å². The molecule has 0 saturated carbocycles. The number of fused-ring (bicyclic) bond motifs is 1. The van der Waals surface area contributed by atoms with Crippen LogP contribution in [0.15, 0.2) is 30.3 Å². The molecule has 1 heterocycles. The smallest absolute Gasteiger partial charge is 0.261 e. The van der Waals surface area contributed by atoms with E-state index < -0.39 is 0 Å². The maximum absolute atomic E-state index is 11.9. The van der Waals surface area contributed by atoms with Crippen molar-refractivity contribution in [2.24, 2.45) is 0 Å². The van der Waals surface area contributed by atoms with E-state index in [-0.39, 0.29) is 12.5 Å². The number of carbonyl (C=O) groups is 1. The lowest BCUT2D eigenvalue weighted by atomic mass is 10.2. The van der Waals surface area contributed by atoms with Crippen LogP contribution >= 0.6 is 11.3 Å². The molecule has 2 aromatic rings. The van der Waals surface area contributed by atoms with Crippen LogP contribution in [0.4, 0.5) is 0 Å². The van der Waals surface area contributed by atoms with Crippen molar-refractivity contribution in [2.45, 2.75) is 6.42 Å². The highest BCUT2D eigenvalue weighted by Gasteiger charge is 2.08. The number of rotatable bonds is 7. The Labute approximate surface area is 116 Å². The number of aliphatic hydroxyl groups is 1. The van der Waals surface area contributed by atoms with Gasteiger partial charge in [0.05, 0.1) is 18.1 Å². The van der Waals surface area contributed by atoms with Gasteiger partial charge in [0.1, 0.15) is 0 Å². The highest BCUT2D eigenvalue weighted by Crippen LogP contribution is 2.24. The third kappa shape index (κ3) is 4.02. The summed E-state index contributed by atoms with van der Waals surface area (Å²) in [5.41, 5.74) is 0. The number of ether oxygens (including phenoxy) is 1. The molecule has 1 amide bonds. The molecule has 0 spiro atoms. The van der Waals surface area contributed by atoms with Crippen LogP contribution in [0, 0.1) is 0 Å². The fourth-order valence-electron chi connectivity index (χ4n) is 1.72. The fourth-order valence-corrected chi connectivity index (χ4v) is 2.70. The van der Waals surface area contributed by atoms with Crippen molar-refractivity contribution < 1.29 is 14.6 Å². The van der Waals surface area contributed by atoms with Gasteiger partial charge in [-0.05, 0) is 23.9 Å². The van der Waals surface area contributed by atoms with Crippen molar-refractivity contribution in [3.63, 3.8) is 0 Å². The molecular weight excluding hydrogens is 262 g/mol. The Morgan fingerprint density at radius 1 is 1.32 bits per heavy atom. The Morgan fingerprint density at radius 3 is 2.95 bits per heavy atom. The molecule has 0 saturated heterocycles. The molecule has 19 heavy (non-hydrogen) atoms. The fraction of sp³-hybridized carbons (Fsp3) is 0.357.